The van der Waals surface area contributed by atoms with Gasteiger partial charge in [-0.2, -0.15) is 0 Å². The summed E-state index contributed by atoms with van der Waals surface area (Å²) in [5, 5.41) is 9.72. The van der Waals surface area contributed by atoms with Gasteiger partial charge in [0.05, 0.1) is 10.5 Å². The van der Waals surface area contributed by atoms with Crippen LogP contribution in [0.25, 0.3) is 10.9 Å². The number of carboxylic acid groups (broad SMARTS) is 1. The first-order valence-electron chi connectivity index (χ1n) is 6.91. The lowest BCUT2D eigenvalue weighted by molar-refractivity contribution is -0.137. The minimum Gasteiger partial charge on any atom is -0.481 e. The maximum Gasteiger partial charge on any atom is 0.303 e. The van der Waals surface area contributed by atoms with Gasteiger partial charge in [-0.1, -0.05) is 23.7 Å². The van der Waals surface area contributed by atoms with Crippen molar-refractivity contribution in [2.45, 2.75) is 37.1 Å². The van der Waals surface area contributed by atoms with Crippen LogP contribution in [-0.4, -0.2) is 30.0 Å². The van der Waals surface area contributed by atoms with Gasteiger partial charge in [0.2, 0.25) is 10.0 Å². The van der Waals surface area contributed by atoms with E-state index < -0.39 is 21.5 Å². The molecular formula is C15H17ClN2O4S. The van der Waals surface area contributed by atoms with E-state index in [1.165, 1.54) is 12.3 Å². The van der Waals surface area contributed by atoms with Crippen molar-refractivity contribution in [1.29, 1.82) is 0 Å². The standard InChI is InChI=1S/C15H17ClN2O4S/c1-15(2,8-6-13(19)20)18-23(21,22)12-5-3-4-10-11(16)7-9-17-14(10)12/h3-5,7,9,18H,6,8H2,1-2H3,(H,19,20). The topological polar surface area (TPSA) is 96.4 Å². The lowest BCUT2D eigenvalue weighted by Crippen LogP contribution is -2.43. The highest BCUT2D eigenvalue weighted by Gasteiger charge is 2.28. The second-order valence-corrected chi connectivity index (χ2v) is 7.89. The van der Waals surface area contributed by atoms with E-state index in [0.717, 1.165) is 0 Å². The van der Waals surface area contributed by atoms with Gasteiger partial charge in [-0.15, -0.1) is 0 Å². The number of aliphatic carboxylic acids is 1. The van der Waals surface area contributed by atoms with Gasteiger partial charge in [0.1, 0.15) is 4.90 Å². The third-order valence-electron chi connectivity index (χ3n) is 3.34. The minimum absolute atomic E-state index is 0.0147. The number of nitrogens with zero attached hydrogens (tertiary/aromatic N) is 1. The molecule has 0 fully saturated rings. The molecule has 124 valence electrons. The van der Waals surface area contributed by atoms with E-state index >= 15 is 0 Å². The quantitative estimate of drug-likeness (QED) is 0.829. The molecule has 0 atom stereocenters. The molecule has 0 amide bonds. The summed E-state index contributed by atoms with van der Waals surface area (Å²) in [5.74, 6) is -0.976. The van der Waals surface area contributed by atoms with Gasteiger partial charge in [-0.05, 0) is 32.4 Å². The molecule has 0 aliphatic heterocycles. The Bertz CT molecular complexity index is 850. The van der Waals surface area contributed by atoms with Gasteiger partial charge in [-0.3, -0.25) is 9.78 Å². The van der Waals surface area contributed by atoms with Crippen LogP contribution in [0.5, 0.6) is 0 Å². The van der Waals surface area contributed by atoms with Crippen LogP contribution < -0.4 is 4.72 Å². The van der Waals surface area contributed by atoms with Crippen molar-refractivity contribution in [3.05, 3.63) is 35.5 Å². The van der Waals surface area contributed by atoms with Crippen molar-refractivity contribution in [3.63, 3.8) is 0 Å². The summed E-state index contributed by atoms with van der Waals surface area (Å²) in [6.07, 6.45) is 1.48. The van der Waals surface area contributed by atoms with Gasteiger partial charge in [0.25, 0.3) is 0 Å². The number of carboxylic acids is 1. The number of benzene rings is 1. The number of hydrogen-bond donors (Lipinski definition) is 2. The molecule has 0 unspecified atom stereocenters. The molecule has 6 nitrogen and oxygen atoms in total. The Morgan fingerprint density at radius 2 is 2.04 bits per heavy atom. The van der Waals surface area contributed by atoms with E-state index in [2.05, 4.69) is 9.71 Å². The SMILES string of the molecule is CC(C)(CCC(=O)O)NS(=O)(=O)c1cccc2c(Cl)ccnc12. The Kier molecular flexibility index (Phi) is 4.93. The number of rotatable bonds is 6. The highest BCUT2D eigenvalue weighted by atomic mass is 35.5. The first-order valence-corrected chi connectivity index (χ1v) is 8.77. The van der Waals surface area contributed by atoms with Gasteiger partial charge >= 0.3 is 5.97 Å². The number of aromatic nitrogens is 1. The average Bonchev–Trinajstić information content (AvgIpc) is 2.44. The van der Waals surface area contributed by atoms with Crippen molar-refractivity contribution < 1.29 is 18.3 Å². The number of para-hydroxylation sites is 1. The molecule has 8 heteroatoms. The Morgan fingerprint density at radius 3 is 2.70 bits per heavy atom. The number of nitrogens with one attached hydrogen (secondary N) is 1. The summed E-state index contributed by atoms with van der Waals surface area (Å²) in [6, 6.07) is 6.32. The van der Waals surface area contributed by atoms with E-state index in [1.54, 1.807) is 32.0 Å². The van der Waals surface area contributed by atoms with E-state index in [0.29, 0.717) is 10.4 Å². The van der Waals surface area contributed by atoms with Gasteiger partial charge < -0.3 is 5.11 Å². The third-order valence-corrected chi connectivity index (χ3v) is 5.40. The predicted octanol–water partition coefficient (Wildman–Crippen LogP) is 2.81. The summed E-state index contributed by atoms with van der Waals surface area (Å²) in [4.78, 5) is 14.8. The molecule has 2 rings (SSSR count). The molecule has 2 N–H and O–H groups in total. The molecule has 2 aromatic rings. The normalized spacial score (nSPS) is 12.5. The molecule has 1 aromatic carbocycles. The van der Waals surface area contributed by atoms with E-state index in [4.69, 9.17) is 16.7 Å². The van der Waals surface area contributed by atoms with Crippen molar-refractivity contribution in [3.8, 4) is 0 Å². The summed E-state index contributed by atoms with van der Waals surface area (Å²) in [5.41, 5.74) is -0.626. The first kappa shape index (κ1) is 17.7. The van der Waals surface area contributed by atoms with Crippen molar-refractivity contribution in [2.24, 2.45) is 0 Å². The number of hydrogen-bond acceptors (Lipinski definition) is 4. The van der Waals surface area contributed by atoms with Crippen LogP contribution in [0.3, 0.4) is 0 Å². The molecule has 0 spiro atoms. The second kappa shape index (κ2) is 6.43. The van der Waals surface area contributed by atoms with Gasteiger partial charge in [-0.25, -0.2) is 13.1 Å². The number of sulfonamides is 1. The molecule has 0 saturated carbocycles. The highest BCUT2D eigenvalue weighted by Crippen LogP contribution is 2.27. The fourth-order valence-corrected chi connectivity index (χ4v) is 4.04. The van der Waals surface area contributed by atoms with E-state index in [9.17, 15) is 13.2 Å². The predicted molar refractivity (Wildman–Crippen MR) is 88.0 cm³/mol. The van der Waals surface area contributed by atoms with Crippen LogP contribution in [0.15, 0.2) is 35.4 Å². The van der Waals surface area contributed by atoms with Crippen LogP contribution in [0.4, 0.5) is 0 Å². The second-order valence-electron chi connectivity index (χ2n) is 5.83. The molecular weight excluding hydrogens is 340 g/mol. The molecule has 0 saturated heterocycles. The summed E-state index contributed by atoms with van der Waals surface area (Å²) < 4.78 is 27.9. The first-order chi connectivity index (χ1) is 10.6. The number of carbonyl (C=O) groups is 1. The van der Waals surface area contributed by atoms with Gasteiger partial charge in [0.15, 0.2) is 0 Å². The smallest absolute Gasteiger partial charge is 0.303 e. The zero-order valence-electron chi connectivity index (χ0n) is 12.7. The maximum absolute atomic E-state index is 12.7. The monoisotopic (exact) mass is 356 g/mol. The number of halogens is 1. The van der Waals surface area contributed by atoms with Crippen molar-refractivity contribution in [2.75, 3.05) is 0 Å². The van der Waals surface area contributed by atoms with Crippen LogP contribution in [0.1, 0.15) is 26.7 Å². The Morgan fingerprint density at radius 1 is 1.35 bits per heavy atom. The van der Waals surface area contributed by atoms with Crippen LogP contribution in [-0.2, 0) is 14.8 Å². The molecule has 1 aromatic heterocycles. The third kappa shape index (κ3) is 4.19. The van der Waals surface area contributed by atoms with Crippen molar-refractivity contribution >= 4 is 38.5 Å². The average molecular weight is 357 g/mol. The van der Waals surface area contributed by atoms with E-state index in [-0.39, 0.29) is 23.3 Å². The zero-order chi connectivity index (χ0) is 17.3. The molecule has 0 aliphatic rings. The summed E-state index contributed by atoms with van der Waals surface area (Å²) in [7, 11) is -3.87. The van der Waals surface area contributed by atoms with Gasteiger partial charge in [0, 0.05) is 23.5 Å². The highest BCUT2D eigenvalue weighted by molar-refractivity contribution is 7.89. The number of fused-ring (bicyclic) bond motifs is 1. The zero-order valence-corrected chi connectivity index (χ0v) is 14.3. The fourth-order valence-electron chi connectivity index (χ4n) is 2.22. The molecule has 0 aliphatic carbocycles. The Labute approximate surface area is 139 Å². The number of pyridine rings is 1. The Hall–Kier alpha value is -1.70. The largest absolute Gasteiger partial charge is 0.481 e. The minimum atomic E-state index is -3.87. The fraction of sp³-hybridized carbons (Fsp3) is 0.333. The summed E-state index contributed by atoms with van der Waals surface area (Å²) in [6.45, 7) is 3.28. The molecule has 0 radical (unpaired) electrons. The van der Waals surface area contributed by atoms with Crippen LogP contribution in [0.2, 0.25) is 5.02 Å². The lowest BCUT2D eigenvalue weighted by Gasteiger charge is -2.25. The van der Waals surface area contributed by atoms with Crippen LogP contribution >= 0.6 is 11.6 Å². The Balaban J connectivity index is 2.41. The van der Waals surface area contributed by atoms with E-state index in [1.807, 2.05) is 0 Å². The van der Waals surface area contributed by atoms with Crippen LogP contribution in [0, 0.1) is 0 Å². The lowest BCUT2D eigenvalue weighted by atomic mass is 10.0. The molecule has 0 bridgehead atoms. The van der Waals surface area contributed by atoms with Crippen molar-refractivity contribution in [1.82, 2.24) is 9.71 Å². The molecule has 23 heavy (non-hydrogen) atoms. The summed E-state index contributed by atoms with van der Waals surface area (Å²) >= 11 is 6.08. The molecule has 1 heterocycles. The maximum atomic E-state index is 12.7.